The molecule has 0 atom stereocenters. The molecule has 0 saturated heterocycles. The molecule has 2 N–H and O–H groups in total. The molecule has 0 radical (unpaired) electrons. The Kier molecular flexibility index (Phi) is 5.56. The number of anilines is 3. The Bertz CT molecular complexity index is 593. The van der Waals surface area contributed by atoms with Gasteiger partial charge in [0.05, 0.1) is 0 Å². The Balaban J connectivity index is 2.25. The lowest BCUT2D eigenvalue weighted by molar-refractivity contribution is 0.919. The Morgan fingerprint density at radius 2 is 1.81 bits per heavy atom. The van der Waals surface area contributed by atoms with Crippen molar-refractivity contribution in [2.24, 2.45) is 0 Å². The number of aromatic nitrogens is 2. The van der Waals surface area contributed by atoms with Crippen LogP contribution in [0.1, 0.15) is 31.7 Å². The first-order valence-electron chi connectivity index (χ1n) is 7.26. The predicted octanol–water partition coefficient (Wildman–Crippen LogP) is 4.68. The third-order valence-electron chi connectivity index (χ3n) is 2.96. The fourth-order valence-corrected chi connectivity index (χ4v) is 2.63. The maximum absolute atomic E-state index is 4.54. The molecule has 0 aliphatic carbocycles. The van der Waals surface area contributed by atoms with Crippen LogP contribution >= 0.6 is 15.9 Å². The second kappa shape index (κ2) is 7.41. The van der Waals surface area contributed by atoms with Crippen LogP contribution in [-0.4, -0.2) is 16.5 Å². The molecular weight excluding hydrogens is 328 g/mol. The highest BCUT2D eigenvalue weighted by Gasteiger charge is 2.04. The first-order chi connectivity index (χ1) is 10.1. The summed E-state index contributed by atoms with van der Waals surface area (Å²) in [5.74, 6) is 2.53. The topological polar surface area (TPSA) is 49.8 Å². The molecule has 1 heterocycles. The molecule has 21 heavy (non-hydrogen) atoms. The second-order valence-electron chi connectivity index (χ2n) is 4.98. The van der Waals surface area contributed by atoms with Gasteiger partial charge in [0, 0.05) is 29.2 Å². The van der Waals surface area contributed by atoms with E-state index >= 15 is 0 Å². The summed E-state index contributed by atoms with van der Waals surface area (Å²) < 4.78 is 1.05. The van der Waals surface area contributed by atoms with Gasteiger partial charge in [-0.1, -0.05) is 29.8 Å². The normalized spacial score (nSPS) is 10.5. The first-order valence-corrected chi connectivity index (χ1v) is 8.06. The minimum Gasteiger partial charge on any atom is -0.370 e. The van der Waals surface area contributed by atoms with Crippen molar-refractivity contribution in [1.82, 2.24) is 9.97 Å². The van der Waals surface area contributed by atoms with E-state index in [0.29, 0.717) is 0 Å². The van der Waals surface area contributed by atoms with Crippen molar-refractivity contribution in [3.05, 3.63) is 40.1 Å². The van der Waals surface area contributed by atoms with Crippen molar-refractivity contribution in [2.45, 2.75) is 33.6 Å². The molecule has 0 saturated carbocycles. The summed E-state index contributed by atoms with van der Waals surface area (Å²) in [4.78, 5) is 9.03. The van der Waals surface area contributed by atoms with Gasteiger partial charge in [0.25, 0.3) is 0 Å². The molecule has 4 nitrogen and oxygen atoms in total. The summed E-state index contributed by atoms with van der Waals surface area (Å²) >= 11 is 3.52. The number of rotatable bonds is 6. The molecule has 1 aromatic heterocycles. The van der Waals surface area contributed by atoms with Gasteiger partial charge in [-0.15, -0.1) is 0 Å². The molecule has 112 valence electrons. The van der Waals surface area contributed by atoms with Gasteiger partial charge in [-0.3, -0.25) is 0 Å². The van der Waals surface area contributed by atoms with Crippen molar-refractivity contribution in [1.29, 1.82) is 0 Å². The summed E-state index contributed by atoms with van der Waals surface area (Å²) in [5, 5.41) is 6.67. The van der Waals surface area contributed by atoms with E-state index < -0.39 is 0 Å². The summed E-state index contributed by atoms with van der Waals surface area (Å²) in [7, 11) is 0. The van der Waals surface area contributed by atoms with Crippen LogP contribution in [0.5, 0.6) is 0 Å². The minimum absolute atomic E-state index is 0.813. The van der Waals surface area contributed by atoms with Crippen LogP contribution in [0, 0.1) is 6.92 Å². The van der Waals surface area contributed by atoms with Crippen LogP contribution in [0.2, 0.25) is 0 Å². The summed E-state index contributed by atoms with van der Waals surface area (Å²) in [6.45, 7) is 7.18. The largest absolute Gasteiger partial charge is 0.370 e. The van der Waals surface area contributed by atoms with Gasteiger partial charge in [-0.25, -0.2) is 9.97 Å². The van der Waals surface area contributed by atoms with E-state index in [0.717, 1.165) is 47.0 Å². The predicted molar refractivity (Wildman–Crippen MR) is 92.4 cm³/mol. The Morgan fingerprint density at radius 1 is 1.05 bits per heavy atom. The lowest BCUT2D eigenvalue weighted by atomic mass is 10.2. The minimum atomic E-state index is 0.813. The quantitative estimate of drug-likeness (QED) is 0.795. The number of nitrogens with zero attached hydrogens (tertiary/aromatic N) is 2. The summed E-state index contributed by atoms with van der Waals surface area (Å²) in [5.41, 5.74) is 2.21. The molecule has 0 aliphatic rings. The van der Waals surface area contributed by atoms with Crippen molar-refractivity contribution in [3.8, 4) is 0 Å². The summed E-state index contributed by atoms with van der Waals surface area (Å²) in [6, 6.07) is 8.17. The van der Waals surface area contributed by atoms with Gasteiger partial charge in [-0.05, 0) is 37.1 Å². The third-order valence-corrected chi connectivity index (χ3v) is 3.42. The second-order valence-corrected chi connectivity index (χ2v) is 5.89. The number of hydrogen-bond donors (Lipinski definition) is 2. The van der Waals surface area contributed by atoms with Crippen molar-refractivity contribution in [2.75, 3.05) is 17.2 Å². The van der Waals surface area contributed by atoms with Gasteiger partial charge < -0.3 is 10.6 Å². The van der Waals surface area contributed by atoms with Crippen molar-refractivity contribution >= 4 is 33.3 Å². The average molecular weight is 349 g/mol. The van der Waals surface area contributed by atoms with Crippen LogP contribution in [0.25, 0.3) is 0 Å². The van der Waals surface area contributed by atoms with E-state index in [1.807, 2.05) is 12.1 Å². The molecule has 0 fully saturated rings. The van der Waals surface area contributed by atoms with E-state index in [9.17, 15) is 0 Å². The average Bonchev–Trinajstić information content (AvgIpc) is 2.43. The van der Waals surface area contributed by atoms with Gasteiger partial charge in [-0.2, -0.15) is 0 Å². The van der Waals surface area contributed by atoms with E-state index in [2.05, 4.69) is 69.4 Å². The maximum atomic E-state index is 4.54. The number of halogens is 1. The highest BCUT2D eigenvalue weighted by molar-refractivity contribution is 9.10. The van der Waals surface area contributed by atoms with E-state index in [-0.39, 0.29) is 0 Å². The molecule has 0 amide bonds. The zero-order valence-electron chi connectivity index (χ0n) is 12.7. The molecule has 5 heteroatoms. The number of benzene rings is 1. The van der Waals surface area contributed by atoms with E-state index in [1.54, 1.807) is 0 Å². The third kappa shape index (κ3) is 4.70. The van der Waals surface area contributed by atoms with E-state index in [4.69, 9.17) is 0 Å². The smallest absolute Gasteiger partial charge is 0.136 e. The maximum Gasteiger partial charge on any atom is 0.136 e. The van der Waals surface area contributed by atoms with Gasteiger partial charge in [0.1, 0.15) is 17.5 Å². The van der Waals surface area contributed by atoms with Gasteiger partial charge >= 0.3 is 0 Å². The lowest BCUT2D eigenvalue weighted by Crippen LogP contribution is -2.06. The molecular formula is C16H21BrN4. The standard InChI is InChI=1S/C16H21BrN4/c1-4-6-18-15-10-16(21-14(5-2)20-15)19-13-8-11(3)7-12(17)9-13/h7-10H,4-6H2,1-3H3,(H2,18,19,20,21). The van der Waals surface area contributed by atoms with Crippen LogP contribution in [0.4, 0.5) is 17.3 Å². The van der Waals surface area contributed by atoms with Crippen LogP contribution in [-0.2, 0) is 6.42 Å². The SMILES string of the molecule is CCCNc1cc(Nc2cc(C)cc(Br)c2)nc(CC)n1. The van der Waals surface area contributed by atoms with Gasteiger partial charge in [0.2, 0.25) is 0 Å². The highest BCUT2D eigenvalue weighted by atomic mass is 79.9. The number of nitrogens with one attached hydrogen (secondary N) is 2. The zero-order valence-corrected chi connectivity index (χ0v) is 14.3. The van der Waals surface area contributed by atoms with Crippen LogP contribution in [0.3, 0.4) is 0 Å². The molecule has 0 aliphatic heterocycles. The fourth-order valence-electron chi connectivity index (χ4n) is 2.02. The Labute approximate surface area is 134 Å². The molecule has 0 unspecified atom stereocenters. The zero-order chi connectivity index (χ0) is 15.2. The number of hydrogen-bond acceptors (Lipinski definition) is 4. The Morgan fingerprint density at radius 3 is 2.48 bits per heavy atom. The molecule has 2 rings (SSSR count). The Hall–Kier alpha value is -1.62. The first kappa shape index (κ1) is 15.8. The number of aryl methyl sites for hydroxylation is 2. The van der Waals surface area contributed by atoms with Gasteiger partial charge in [0.15, 0.2) is 0 Å². The monoisotopic (exact) mass is 348 g/mol. The van der Waals surface area contributed by atoms with Crippen molar-refractivity contribution < 1.29 is 0 Å². The van der Waals surface area contributed by atoms with E-state index in [1.165, 1.54) is 5.56 Å². The van der Waals surface area contributed by atoms with Crippen LogP contribution in [0.15, 0.2) is 28.7 Å². The van der Waals surface area contributed by atoms with Crippen LogP contribution < -0.4 is 10.6 Å². The highest BCUT2D eigenvalue weighted by Crippen LogP contribution is 2.23. The lowest BCUT2D eigenvalue weighted by Gasteiger charge is -2.11. The summed E-state index contributed by atoms with van der Waals surface area (Å²) in [6.07, 6.45) is 1.88. The van der Waals surface area contributed by atoms with Crippen molar-refractivity contribution in [3.63, 3.8) is 0 Å². The molecule has 0 spiro atoms. The molecule has 1 aromatic carbocycles. The molecule has 2 aromatic rings. The molecule has 0 bridgehead atoms. The fraction of sp³-hybridized carbons (Fsp3) is 0.375.